The van der Waals surface area contributed by atoms with Gasteiger partial charge in [0.15, 0.2) is 0 Å². The molecule has 0 saturated heterocycles. The number of rotatable bonds is 3. The molecular formula is C11H13N3O2S. The second-order valence-electron chi connectivity index (χ2n) is 3.65. The summed E-state index contributed by atoms with van der Waals surface area (Å²) in [6.07, 6.45) is 0. The van der Waals surface area contributed by atoms with E-state index in [2.05, 4.69) is 4.98 Å². The molecule has 90 valence electrons. The van der Waals surface area contributed by atoms with Crippen LogP contribution in [-0.4, -0.2) is 34.8 Å². The van der Waals surface area contributed by atoms with Gasteiger partial charge in [-0.3, -0.25) is 14.5 Å². The Morgan fingerprint density at radius 3 is 2.88 bits per heavy atom. The molecule has 0 spiro atoms. The fourth-order valence-electron chi connectivity index (χ4n) is 1.64. The lowest BCUT2D eigenvalue weighted by atomic mass is 10.3. The average Bonchev–Trinajstić information content (AvgIpc) is 2.84. The minimum atomic E-state index is -0.327. The number of aromatic amines is 1. The van der Waals surface area contributed by atoms with Crippen LogP contribution in [0.25, 0.3) is 10.2 Å². The summed E-state index contributed by atoms with van der Waals surface area (Å²) in [6.45, 7) is 1.86. The summed E-state index contributed by atoms with van der Waals surface area (Å²) in [7, 11) is 0. The van der Waals surface area contributed by atoms with Crippen LogP contribution >= 0.6 is 11.3 Å². The Kier molecular flexibility index (Phi) is 3.26. The van der Waals surface area contributed by atoms with Gasteiger partial charge >= 0.3 is 0 Å². The highest BCUT2D eigenvalue weighted by Gasteiger charge is 2.20. The number of thiophene rings is 1. The highest BCUT2D eigenvalue weighted by molar-refractivity contribution is 7.17. The van der Waals surface area contributed by atoms with Crippen LogP contribution in [0.5, 0.6) is 0 Å². The smallest absolute Gasteiger partial charge is 0.276 e. The molecule has 0 aliphatic rings. The van der Waals surface area contributed by atoms with Gasteiger partial charge in [-0.05, 0) is 17.5 Å². The van der Waals surface area contributed by atoms with E-state index in [1.807, 2.05) is 11.4 Å². The number of nitrogens with one attached hydrogen (secondary N) is 1. The highest BCUT2D eigenvalue weighted by atomic mass is 32.1. The van der Waals surface area contributed by atoms with Gasteiger partial charge in [-0.15, -0.1) is 11.3 Å². The Morgan fingerprint density at radius 1 is 1.53 bits per heavy atom. The van der Waals surface area contributed by atoms with Crippen LogP contribution in [0.15, 0.2) is 17.5 Å². The molecule has 6 heteroatoms. The second kappa shape index (κ2) is 4.68. The Morgan fingerprint density at radius 2 is 2.29 bits per heavy atom. The van der Waals surface area contributed by atoms with E-state index in [-0.39, 0.29) is 24.9 Å². The minimum absolute atomic E-state index is 0.237. The van der Waals surface area contributed by atoms with Crippen molar-refractivity contribution in [1.29, 1.82) is 0 Å². The molecule has 2 aromatic heterocycles. The molecule has 0 atom stereocenters. The van der Waals surface area contributed by atoms with E-state index in [0.29, 0.717) is 5.69 Å². The van der Waals surface area contributed by atoms with Crippen molar-refractivity contribution in [1.82, 2.24) is 9.88 Å². The van der Waals surface area contributed by atoms with Crippen LogP contribution in [-0.2, 0) is 4.79 Å². The Hall–Kier alpha value is -1.66. The van der Waals surface area contributed by atoms with Crippen LogP contribution in [0.3, 0.4) is 0 Å². The zero-order valence-corrected chi connectivity index (χ0v) is 10.2. The van der Waals surface area contributed by atoms with Crippen LogP contribution in [0.4, 0.5) is 0 Å². The summed E-state index contributed by atoms with van der Waals surface area (Å²) in [4.78, 5) is 27.6. The largest absolute Gasteiger partial charge is 0.350 e. The molecule has 0 aliphatic carbocycles. The van der Waals surface area contributed by atoms with Gasteiger partial charge in [0.05, 0.1) is 10.2 Å². The van der Waals surface area contributed by atoms with E-state index in [9.17, 15) is 9.59 Å². The summed E-state index contributed by atoms with van der Waals surface area (Å²) < 4.78 is 1.00. The van der Waals surface area contributed by atoms with Crippen molar-refractivity contribution >= 4 is 33.4 Å². The molecule has 2 amide bonds. The van der Waals surface area contributed by atoms with Gasteiger partial charge in [-0.25, -0.2) is 0 Å². The zero-order chi connectivity index (χ0) is 12.4. The SMILES string of the molecule is CC(=O)N(CCN)C(=O)c1cc2sccc2[nH]1. The van der Waals surface area contributed by atoms with Gasteiger partial charge in [-0.1, -0.05) is 0 Å². The molecular weight excluding hydrogens is 238 g/mol. The lowest BCUT2D eigenvalue weighted by Crippen LogP contribution is -2.39. The Balaban J connectivity index is 2.29. The van der Waals surface area contributed by atoms with E-state index in [4.69, 9.17) is 5.73 Å². The lowest BCUT2D eigenvalue weighted by molar-refractivity contribution is -0.126. The van der Waals surface area contributed by atoms with E-state index in [0.717, 1.165) is 15.1 Å². The van der Waals surface area contributed by atoms with Crippen molar-refractivity contribution in [3.63, 3.8) is 0 Å². The van der Waals surface area contributed by atoms with Crippen molar-refractivity contribution < 1.29 is 9.59 Å². The molecule has 5 nitrogen and oxygen atoms in total. The topological polar surface area (TPSA) is 79.2 Å². The normalized spacial score (nSPS) is 10.7. The summed E-state index contributed by atoms with van der Waals surface area (Å²) in [6, 6.07) is 3.66. The van der Waals surface area contributed by atoms with Gasteiger partial charge in [0.2, 0.25) is 5.91 Å². The average molecular weight is 251 g/mol. The van der Waals surface area contributed by atoms with Crippen LogP contribution in [0.1, 0.15) is 17.4 Å². The summed E-state index contributed by atoms with van der Waals surface area (Å²) in [5.74, 6) is -0.621. The predicted octanol–water partition coefficient (Wildman–Crippen LogP) is 1.18. The van der Waals surface area contributed by atoms with Crippen molar-refractivity contribution in [3.8, 4) is 0 Å². The number of carbonyl (C=O) groups excluding carboxylic acids is 2. The molecule has 2 heterocycles. The number of hydrogen-bond donors (Lipinski definition) is 2. The number of nitrogens with zero attached hydrogens (tertiary/aromatic N) is 1. The minimum Gasteiger partial charge on any atom is -0.350 e. The van der Waals surface area contributed by atoms with Crippen molar-refractivity contribution in [2.24, 2.45) is 5.73 Å². The molecule has 0 unspecified atom stereocenters. The van der Waals surface area contributed by atoms with Crippen molar-refractivity contribution in [3.05, 3.63) is 23.2 Å². The van der Waals surface area contributed by atoms with Crippen LogP contribution in [0.2, 0.25) is 0 Å². The third kappa shape index (κ3) is 2.22. The maximum atomic E-state index is 12.1. The summed E-state index contributed by atoms with van der Waals surface area (Å²) in [5, 5.41) is 1.94. The lowest BCUT2D eigenvalue weighted by Gasteiger charge is -2.16. The third-order valence-corrected chi connectivity index (χ3v) is 3.31. The fraction of sp³-hybridized carbons (Fsp3) is 0.273. The predicted molar refractivity (Wildman–Crippen MR) is 66.9 cm³/mol. The summed E-state index contributed by atoms with van der Waals surface area (Å²) in [5.41, 5.74) is 6.72. The number of carbonyl (C=O) groups is 2. The highest BCUT2D eigenvalue weighted by Crippen LogP contribution is 2.21. The molecule has 17 heavy (non-hydrogen) atoms. The van der Waals surface area contributed by atoms with Crippen molar-refractivity contribution in [2.45, 2.75) is 6.92 Å². The van der Waals surface area contributed by atoms with E-state index < -0.39 is 0 Å². The Labute approximate surface area is 102 Å². The van der Waals surface area contributed by atoms with E-state index in [1.165, 1.54) is 6.92 Å². The zero-order valence-electron chi connectivity index (χ0n) is 9.40. The number of nitrogens with two attached hydrogens (primary N) is 1. The first-order valence-corrected chi connectivity index (χ1v) is 6.10. The van der Waals surface area contributed by atoms with Gasteiger partial charge < -0.3 is 10.7 Å². The molecule has 0 saturated carbocycles. The van der Waals surface area contributed by atoms with E-state index in [1.54, 1.807) is 17.4 Å². The first kappa shape index (κ1) is 11.8. The first-order valence-electron chi connectivity index (χ1n) is 5.22. The summed E-state index contributed by atoms with van der Waals surface area (Å²) >= 11 is 1.55. The molecule has 2 aromatic rings. The van der Waals surface area contributed by atoms with Crippen molar-refractivity contribution in [2.75, 3.05) is 13.1 Å². The molecule has 2 rings (SSSR count). The van der Waals surface area contributed by atoms with E-state index >= 15 is 0 Å². The number of aromatic nitrogens is 1. The number of fused-ring (bicyclic) bond motifs is 1. The fourth-order valence-corrected chi connectivity index (χ4v) is 2.42. The second-order valence-corrected chi connectivity index (χ2v) is 4.59. The van der Waals surface area contributed by atoms with Gasteiger partial charge in [0, 0.05) is 20.0 Å². The third-order valence-electron chi connectivity index (χ3n) is 2.45. The number of amides is 2. The van der Waals surface area contributed by atoms with Gasteiger partial charge in [-0.2, -0.15) is 0 Å². The molecule has 0 aromatic carbocycles. The van der Waals surface area contributed by atoms with Crippen LogP contribution in [0, 0.1) is 0 Å². The molecule has 0 fully saturated rings. The van der Waals surface area contributed by atoms with Gasteiger partial charge in [0.25, 0.3) is 5.91 Å². The first-order chi connectivity index (χ1) is 8.13. The van der Waals surface area contributed by atoms with Gasteiger partial charge in [0.1, 0.15) is 5.69 Å². The Bertz CT molecular complexity index is 529. The number of imide groups is 1. The molecule has 0 radical (unpaired) electrons. The molecule has 3 N–H and O–H groups in total. The molecule has 0 aliphatic heterocycles. The molecule has 0 bridgehead atoms. The maximum absolute atomic E-state index is 12.1. The monoisotopic (exact) mass is 251 g/mol. The van der Waals surface area contributed by atoms with Crippen LogP contribution < -0.4 is 5.73 Å². The maximum Gasteiger partial charge on any atom is 0.276 e. The number of H-pyrrole nitrogens is 1. The number of hydrogen-bond acceptors (Lipinski definition) is 4. The standard InChI is InChI=1S/C11H13N3O2S/c1-7(15)14(4-3-12)11(16)9-6-10-8(13-9)2-5-17-10/h2,5-6,13H,3-4,12H2,1H3. The quantitative estimate of drug-likeness (QED) is 0.859.